The predicted octanol–water partition coefficient (Wildman–Crippen LogP) is 4.54. The number of aromatic nitrogens is 1. The molecule has 0 aliphatic carbocycles. The molecule has 0 saturated carbocycles. The van der Waals surface area contributed by atoms with Crippen LogP contribution in [0.2, 0.25) is 5.02 Å². The summed E-state index contributed by atoms with van der Waals surface area (Å²) in [5, 5.41) is 5.48. The lowest BCUT2D eigenvalue weighted by Crippen LogP contribution is -2.24. The van der Waals surface area contributed by atoms with Gasteiger partial charge in [0.15, 0.2) is 0 Å². The zero-order chi connectivity index (χ0) is 16.8. The van der Waals surface area contributed by atoms with Gasteiger partial charge in [0.1, 0.15) is 10.1 Å². The Balaban J connectivity index is 1.47. The van der Waals surface area contributed by atoms with Gasteiger partial charge in [-0.25, -0.2) is 4.98 Å². The van der Waals surface area contributed by atoms with E-state index in [0.717, 1.165) is 32.1 Å². The molecule has 7 heteroatoms. The average Bonchev–Trinajstić information content (AvgIpc) is 3.23. The highest BCUT2D eigenvalue weighted by Crippen LogP contribution is 2.27. The third-order valence-corrected chi connectivity index (χ3v) is 5.54. The molecule has 0 saturated heterocycles. The van der Waals surface area contributed by atoms with Gasteiger partial charge < -0.3 is 9.73 Å². The van der Waals surface area contributed by atoms with E-state index in [1.165, 1.54) is 0 Å². The van der Waals surface area contributed by atoms with Gasteiger partial charge in [0.25, 0.3) is 0 Å². The van der Waals surface area contributed by atoms with Crippen LogP contribution in [-0.4, -0.2) is 10.9 Å². The average molecular weight is 379 g/mol. The maximum Gasteiger partial charge on any atom is 0.226 e. The highest BCUT2D eigenvalue weighted by atomic mass is 35.5. The molecule has 0 spiro atoms. The number of carbonyl (C=O) groups excluding carboxylic acids is 1. The Bertz CT molecular complexity index is 803. The maximum absolute atomic E-state index is 11.9. The van der Waals surface area contributed by atoms with Crippen molar-refractivity contribution in [2.45, 2.75) is 23.1 Å². The molecule has 3 rings (SSSR count). The molecule has 0 fully saturated rings. The number of hydrogen-bond acceptors (Lipinski definition) is 5. The lowest BCUT2D eigenvalue weighted by atomic mass is 10.2. The van der Waals surface area contributed by atoms with Crippen LogP contribution in [0, 0.1) is 0 Å². The highest BCUT2D eigenvalue weighted by molar-refractivity contribution is 8.00. The first kappa shape index (κ1) is 17.1. The minimum Gasteiger partial charge on any atom is -0.467 e. The van der Waals surface area contributed by atoms with Crippen molar-refractivity contribution in [2.75, 3.05) is 0 Å². The molecule has 1 N–H and O–H groups in total. The smallest absolute Gasteiger partial charge is 0.226 e. The second-order valence-corrected chi connectivity index (χ2v) is 7.57. The first-order valence-electron chi connectivity index (χ1n) is 7.30. The Morgan fingerprint density at radius 1 is 1.33 bits per heavy atom. The zero-order valence-corrected chi connectivity index (χ0v) is 15.1. The number of carbonyl (C=O) groups is 1. The van der Waals surface area contributed by atoms with Crippen LogP contribution >= 0.6 is 34.7 Å². The van der Waals surface area contributed by atoms with Gasteiger partial charge in [-0.15, -0.1) is 11.3 Å². The van der Waals surface area contributed by atoms with Crippen molar-refractivity contribution in [3.05, 3.63) is 70.1 Å². The molecule has 0 aliphatic heterocycles. The Kier molecular flexibility index (Phi) is 5.96. The molecule has 2 heterocycles. The number of benzene rings is 1. The molecule has 0 aliphatic rings. The van der Waals surface area contributed by atoms with Gasteiger partial charge >= 0.3 is 0 Å². The van der Waals surface area contributed by atoms with E-state index in [2.05, 4.69) is 10.3 Å². The number of thiazole rings is 1. The predicted molar refractivity (Wildman–Crippen MR) is 97.4 cm³/mol. The summed E-state index contributed by atoms with van der Waals surface area (Å²) in [6, 6.07) is 11.4. The van der Waals surface area contributed by atoms with Crippen LogP contribution in [0.5, 0.6) is 0 Å². The standard InChI is InChI=1S/C17H15ClN2O2S2/c18-13-4-1-3-12(7-13)10-23-17-20-14(11-24-17)8-16(21)19-9-15-5-2-6-22-15/h1-7,11H,8-10H2,(H,19,21). The fourth-order valence-corrected chi connectivity index (χ4v) is 4.03. The summed E-state index contributed by atoms with van der Waals surface area (Å²) in [4.78, 5) is 16.4. The van der Waals surface area contributed by atoms with Gasteiger partial charge in [-0.1, -0.05) is 35.5 Å². The Morgan fingerprint density at radius 2 is 2.25 bits per heavy atom. The summed E-state index contributed by atoms with van der Waals surface area (Å²) < 4.78 is 6.13. The summed E-state index contributed by atoms with van der Waals surface area (Å²) >= 11 is 9.18. The topological polar surface area (TPSA) is 55.1 Å². The van der Waals surface area contributed by atoms with Gasteiger partial charge in [0.05, 0.1) is 24.9 Å². The molecule has 1 aromatic carbocycles. The Hall–Kier alpha value is -1.76. The molecule has 0 radical (unpaired) electrons. The van der Waals surface area contributed by atoms with Crippen molar-refractivity contribution in [1.82, 2.24) is 10.3 Å². The number of hydrogen-bond donors (Lipinski definition) is 1. The molecule has 0 bridgehead atoms. The molecular formula is C17H15ClN2O2S2. The van der Waals surface area contributed by atoms with Crippen LogP contribution in [-0.2, 0) is 23.5 Å². The van der Waals surface area contributed by atoms with Gasteiger partial charge in [-0.3, -0.25) is 4.79 Å². The van der Waals surface area contributed by atoms with E-state index in [9.17, 15) is 4.79 Å². The molecule has 2 aromatic heterocycles. The molecule has 0 atom stereocenters. The largest absolute Gasteiger partial charge is 0.467 e. The van der Waals surface area contributed by atoms with Crippen LogP contribution in [0.15, 0.2) is 56.8 Å². The minimum absolute atomic E-state index is 0.0666. The molecule has 1 amide bonds. The Morgan fingerprint density at radius 3 is 3.04 bits per heavy atom. The molecule has 0 unspecified atom stereocenters. The summed E-state index contributed by atoms with van der Waals surface area (Å²) in [6.45, 7) is 0.395. The van der Waals surface area contributed by atoms with E-state index < -0.39 is 0 Å². The van der Waals surface area contributed by atoms with E-state index in [-0.39, 0.29) is 12.3 Å². The normalized spacial score (nSPS) is 10.7. The van der Waals surface area contributed by atoms with Crippen LogP contribution in [0.25, 0.3) is 0 Å². The molecule has 124 valence electrons. The van der Waals surface area contributed by atoms with Crippen LogP contribution in [0.1, 0.15) is 17.0 Å². The summed E-state index contributed by atoms with van der Waals surface area (Å²) in [6.07, 6.45) is 1.86. The number of thioether (sulfide) groups is 1. The van der Waals surface area contributed by atoms with Gasteiger partial charge in [-0.05, 0) is 29.8 Å². The molecular weight excluding hydrogens is 364 g/mol. The second kappa shape index (κ2) is 8.37. The van der Waals surface area contributed by atoms with Crippen LogP contribution in [0.4, 0.5) is 0 Å². The van der Waals surface area contributed by atoms with Crippen molar-refractivity contribution in [1.29, 1.82) is 0 Å². The fraction of sp³-hybridized carbons (Fsp3) is 0.176. The van der Waals surface area contributed by atoms with Crippen molar-refractivity contribution in [2.24, 2.45) is 0 Å². The van der Waals surface area contributed by atoms with E-state index in [1.54, 1.807) is 35.4 Å². The second-order valence-electron chi connectivity index (χ2n) is 5.06. The third kappa shape index (κ3) is 5.12. The Labute approximate surface area is 153 Å². The van der Waals surface area contributed by atoms with E-state index in [0.29, 0.717) is 6.54 Å². The van der Waals surface area contributed by atoms with Gasteiger partial charge in [-0.2, -0.15) is 0 Å². The highest BCUT2D eigenvalue weighted by Gasteiger charge is 2.09. The summed E-state index contributed by atoms with van der Waals surface area (Å²) in [7, 11) is 0. The molecule has 3 aromatic rings. The number of rotatable bonds is 7. The number of nitrogens with one attached hydrogen (secondary N) is 1. The van der Waals surface area contributed by atoms with E-state index in [1.807, 2.05) is 35.7 Å². The first-order chi connectivity index (χ1) is 11.7. The van der Waals surface area contributed by atoms with Crippen molar-refractivity contribution in [3.8, 4) is 0 Å². The lowest BCUT2D eigenvalue weighted by molar-refractivity contribution is -0.120. The van der Waals surface area contributed by atoms with E-state index in [4.69, 9.17) is 16.0 Å². The number of halogens is 1. The zero-order valence-electron chi connectivity index (χ0n) is 12.7. The lowest BCUT2D eigenvalue weighted by Gasteiger charge is -2.01. The van der Waals surface area contributed by atoms with Crippen LogP contribution in [0.3, 0.4) is 0 Å². The first-order valence-corrected chi connectivity index (χ1v) is 9.54. The molecule has 4 nitrogen and oxygen atoms in total. The maximum atomic E-state index is 11.9. The molecule has 24 heavy (non-hydrogen) atoms. The third-order valence-electron chi connectivity index (χ3n) is 3.16. The van der Waals surface area contributed by atoms with Crippen molar-refractivity contribution in [3.63, 3.8) is 0 Å². The minimum atomic E-state index is -0.0666. The van der Waals surface area contributed by atoms with Gasteiger partial charge in [0.2, 0.25) is 5.91 Å². The number of furan rings is 1. The van der Waals surface area contributed by atoms with Gasteiger partial charge in [0, 0.05) is 16.2 Å². The number of amides is 1. The summed E-state index contributed by atoms with van der Waals surface area (Å²) in [5.41, 5.74) is 1.94. The van der Waals surface area contributed by atoms with Crippen LogP contribution < -0.4 is 5.32 Å². The SMILES string of the molecule is O=C(Cc1csc(SCc2cccc(Cl)c2)n1)NCc1ccco1. The number of nitrogens with zero attached hydrogens (tertiary/aromatic N) is 1. The quantitative estimate of drug-likeness (QED) is 0.613. The summed E-state index contributed by atoms with van der Waals surface area (Å²) in [5.74, 6) is 1.47. The fourth-order valence-electron chi connectivity index (χ4n) is 2.03. The van der Waals surface area contributed by atoms with Crippen molar-refractivity contribution >= 4 is 40.6 Å². The van der Waals surface area contributed by atoms with E-state index >= 15 is 0 Å². The van der Waals surface area contributed by atoms with Crippen molar-refractivity contribution < 1.29 is 9.21 Å². The monoisotopic (exact) mass is 378 g/mol.